The molecule has 2 aromatic carbocycles. The van der Waals surface area contributed by atoms with Crippen LogP contribution in [-0.4, -0.2) is 38.6 Å². The number of methoxy groups -OCH3 is 2. The van der Waals surface area contributed by atoms with Gasteiger partial charge in [0.15, 0.2) is 11.5 Å². The normalized spacial score (nSPS) is 10.7. The molecule has 0 radical (unpaired) electrons. The van der Waals surface area contributed by atoms with Crippen molar-refractivity contribution < 1.29 is 14.3 Å². The molecule has 0 saturated carbocycles. The molecule has 2 rings (SSSR count). The quantitative estimate of drug-likeness (QED) is 0.737. The molecule has 0 aromatic heterocycles. The van der Waals surface area contributed by atoms with E-state index in [4.69, 9.17) is 32.7 Å². The summed E-state index contributed by atoms with van der Waals surface area (Å²) in [6.07, 6.45) is 0. The summed E-state index contributed by atoms with van der Waals surface area (Å²) in [5, 5.41) is 3.93. The van der Waals surface area contributed by atoms with Crippen LogP contribution in [0.1, 0.15) is 11.1 Å². The largest absolute Gasteiger partial charge is 0.493 e. The first-order chi connectivity index (χ1) is 12.4. The van der Waals surface area contributed by atoms with Gasteiger partial charge in [-0.3, -0.25) is 9.69 Å². The number of rotatable bonds is 8. The van der Waals surface area contributed by atoms with Gasteiger partial charge in [-0.1, -0.05) is 35.3 Å². The van der Waals surface area contributed by atoms with Crippen LogP contribution >= 0.6 is 23.2 Å². The second-order valence-electron chi connectivity index (χ2n) is 5.89. The van der Waals surface area contributed by atoms with Crippen LogP contribution in [0.3, 0.4) is 0 Å². The number of hydrogen-bond acceptors (Lipinski definition) is 4. The van der Waals surface area contributed by atoms with Gasteiger partial charge in [0.2, 0.25) is 5.91 Å². The highest BCUT2D eigenvalue weighted by atomic mass is 35.5. The Hall–Kier alpha value is -1.95. The average molecular weight is 397 g/mol. The van der Waals surface area contributed by atoms with E-state index in [9.17, 15) is 4.79 Å². The van der Waals surface area contributed by atoms with Crippen molar-refractivity contribution in [3.63, 3.8) is 0 Å². The van der Waals surface area contributed by atoms with Gasteiger partial charge in [-0.05, 0) is 42.4 Å². The van der Waals surface area contributed by atoms with Crippen LogP contribution in [0, 0.1) is 0 Å². The zero-order valence-corrected chi connectivity index (χ0v) is 16.5. The number of carbonyl (C=O) groups is 1. The first-order valence-corrected chi connectivity index (χ1v) is 8.78. The lowest BCUT2D eigenvalue weighted by molar-refractivity contribution is -0.122. The minimum Gasteiger partial charge on any atom is -0.493 e. The van der Waals surface area contributed by atoms with E-state index in [0.29, 0.717) is 34.6 Å². The van der Waals surface area contributed by atoms with Gasteiger partial charge in [0, 0.05) is 13.1 Å². The maximum absolute atomic E-state index is 12.2. The van der Waals surface area contributed by atoms with E-state index in [1.165, 1.54) is 0 Å². The van der Waals surface area contributed by atoms with Gasteiger partial charge in [0.05, 0.1) is 30.8 Å². The summed E-state index contributed by atoms with van der Waals surface area (Å²) in [6, 6.07) is 11.0. The maximum atomic E-state index is 12.2. The summed E-state index contributed by atoms with van der Waals surface area (Å²) < 4.78 is 10.5. The van der Waals surface area contributed by atoms with Crippen molar-refractivity contribution in [3.05, 3.63) is 57.6 Å². The summed E-state index contributed by atoms with van der Waals surface area (Å²) in [5.41, 5.74) is 1.93. The van der Waals surface area contributed by atoms with E-state index in [2.05, 4.69) is 5.32 Å². The van der Waals surface area contributed by atoms with Gasteiger partial charge in [0.25, 0.3) is 0 Å². The predicted molar refractivity (Wildman–Crippen MR) is 104 cm³/mol. The third-order valence-corrected chi connectivity index (χ3v) is 4.53. The van der Waals surface area contributed by atoms with Crippen molar-refractivity contribution in [1.29, 1.82) is 0 Å². The lowest BCUT2D eigenvalue weighted by atomic mass is 10.2. The van der Waals surface area contributed by atoms with Crippen molar-refractivity contribution in [2.24, 2.45) is 0 Å². The number of benzene rings is 2. The first kappa shape index (κ1) is 20.4. The summed E-state index contributed by atoms with van der Waals surface area (Å²) in [7, 11) is 5.04. The number of nitrogens with zero attached hydrogens (tertiary/aromatic N) is 1. The highest BCUT2D eigenvalue weighted by Gasteiger charge is 2.09. The molecule has 5 nitrogen and oxygen atoms in total. The first-order valence-electron chi connectivity index (χ1n) is 8.03. The van der Waals surface area contributed by atoms with E-state index in [1.54, 1.807) is 20.3 Å². The second-order valence-corrected chi connectivity index (χ2v) is 6.70. The molecule has 7 heteroatoms. The lowest BCUT2D eigenvalue weighted by Crippen LogP contribution is -2.34. The highest BCUT2D eigenvalue weighted by Crippen LogP contribution is 2.27. The third-order valence-electron chi connectivity index (χ3n) is 3.79. The molecule has 1 N–H and O–H groups in total. The molecule has 0 aliphatic heterocycles. The molecule has 0 aliphatic carbocycles. The Morgan fingerprint density at radius 2 is 1.69 bits per heavy atom. The predicted octanol–water partition coefficient (Wildman–Crippen LogP) is 3.76. The number of amides is 1. The fourth-order valence-electron chi connectivity index (χ4n) is 2.50. The number of likely N-dealkylation sites (N-methyl/N-ethyl adjacent to an activating group) is 1. The molecule has 2 aromatic rings. The van der Waals surface area contributed by atoms with Crippen LogP contribution in [0.15, 0.2) is 36.4 Å². The van der Waals surface area contributed by atoms with Crippen molar-refractivity contribution in [1.82, 2.24) is 10.2 Å². The molecule has 0 fully saturated rings. The van der Waals surface area contributed by atoms with Crippen LogP contribution in [0.25, 0.3) is 0 Å². The minimum absolute atomic E-state index is 0.0673. The molecular formula is C19H22Cl2N2O3. The monoisotopic (exact) mass is 396 g/mol. The Morgan fingerprint density at radius 3 is 2.35 bits per heavy atom. The van der Waals surface area contributed by atoms with Crippen LogP contribution < -0.4 is 14.8 Å². The standard InChI is InChI=1S/C19H22Cl2N2O3/c1-23(11-14-4-6-15(20)16(21)8-14)12-19(24)22-10-13-5-7-17(25-2)18(9-13)26-3/h4-9H,10-12H2,1-3H3,(H,22,24). The lowest BCUT2D eigenvalue weighted by Gasteiger charge is -2.17. The molecule has 26 heavy (non-hydrogen) atoms. The van der Waals surface area contributed by atoms with E-state index in [1.807, 2.05) is 42.3 Å². The fourth-order valence-corrected chi connectivity index (χ4v) is 2.82. The van der Waals surface area contributed by atoms with Gasteiger partial charge in [-0.15, -0.1) is 0 Å². The molecule has 0 bridgehead atoms. The summed E-state index contributed by atoms with van der Waals surface area (Å²) in [5.74, 6) is 1.22. The number of halogens is 2. The van der Waals surface area contributed by atoms with Crippen molar-refractivity contribution in [2.75, 3.05) is 27.8 Å². The van der Waals surface area contributed by atoms with E-state index < -0.39 is 0 Å². The van der Waals surface area contributed by atoms with Gasteiger partial charge in [-0.25, -0.2) is 0 Å². The highest BCUT2D eigenvalue weighted by molar-refractivity contribution is 6.42. The molecule has 0 unspecified atom stereocenters. The van der Waals surface area contributed by atoms with E-state index in [-0.39, 0.29) is 12.5 Å². The minimum atomic E-state index is -0.0673. The number of hydrogen-bond donors (Lipinski definition) is 1. The molecule has 0 saturated heterocycles. The summed E-state index contributed by atoms with van der Waals surface area (Å²) in [6.45, 7) is 1.29. The Balaban J connectivity index is 1.85. The average Bonchev–Trinajstić information content (AvgIpc) is 2.62. The number of ether oxygens (including phenoxy) is 2. The van der Waals surface area contributed by atoms with Gasteiger partial charge in [-0.2, -0.15) is 0 Å². The van der Waals surface area contributed by atoms with Crippen LogP contribution in [-0.2, 0) is 17.9 Å². The zero-order valence-electron chi connectivity index (χ0n) is 15.0. The molecule has 1 amide bonds. The van der Waals surface area contributed by atoms with Crippen LogP contribution in [0.4, 0.5) is 0 Å². The Kier molecular flexibility index (Phi) is 7.57. The van der Waals surface area contributed by atoms with E-state index in [0.717, 1.165) is 11.1 Å². The Bertz CT molecular complexity index is 768. The van der Waals surface area contributed by atoms with Crippen LogP contribution in [0.5, 0.6) is 11.5 Å². The summed E-state index contributed by atoms with van der Waals surface area (Å²) >= 11 is 11.9. The molecule has 0 atom stereocenters. The second kappa shape index (κ2) is 9.67. The van der Waals surface area contributed by atoms with Crippen molar-refractivity contribution in [3.8, 4) is 11.5 Å². The molecule has 140 valence electrons. The zero-order chi connectivity index (χ0) is 19.1. The SMILES string of the molecule is COc1ccc(CNC(=O)CN(C)Cc2ccc(Cl)c(Cl)c2)cc1OC. The maximum Gasteiger partial charge on any atom is 0.234 e. The summed E-state index contributed by atoms with van der Waals surface area (Å²) in [4.78, 5) is 14.1. The number of nitrogens with one attached hydrogen (secondary N) is 1. The Morgan fingerprint density at radius 1 is 1.00 bits per heavy atom. The molecule has 0 aliphatic rings. The van der Waals surface area contributed by atoms with Crippen LogP contribution in [0.2, 0.25) is 10.0 Å². The molecule has 0 heterocycles. The molecule has 0 spiro atoms. The third kappa shape index (κ3) is 5.80. The van der Waals surface area contributed by atoms with E-state index >= 15 is 0 Å². The van der Waals surface area contributed by atoms with Gasteiger partial charge >= 0.3 is 0 Å². The van der Waals surface area contributed by atoms with Crippen molar-refractivity contribution >= 4 is 29.1 Å². The fraction of sp³-hybridized carbons (Fsp3) is 0.316. The van der Waals surface area contributed by atoms with Crippen molar-refractivity contribution in [2.45, 2.75) is 13.1 Å². The van der Waals surface area contributed by atoms with Gasteiger partial charge < -0.3 is 14.8 Å². The van der Waals surface area contributed by atoms with Gasteiger partial charge in [0.1, 0.15) is 0 Å². The topological polar surface area (TPSA) is 50.8 Å². The Labute approximate surface area is 163 Å². The molecular weight excluding hydrogens is 375 g/mol. The number of carbonyl (C=O) groups excluding carboxylic acids is 1. The smallest absolute Gasteiger partial charge is 0.234 e.